The Balaban J connectivity index is 1.45. The average molecular weight is 685 g/mol. The highest BCUT2D eigenvalue weighted by atomic mass is 19.1. The van der Waals surface area contributed by atoms with Crippen molar-refractivity contribution in [2.75, 3.05) is 25.0 Å². The molecule has 3 aromatic carbocycles. The fourth-order valence-electron chi connectivity index (χ4n) is 6.31. The number of nitrogens with zero attached hydrogens (tertiary/aromatic N) is 5. The molecule has 6 rings (SSSR count). The van der Waals surface area contributed by atoms with Crippen LogP contribution in [-0.2, 0) is 39.2 Å². The molecule has 0 spiro atoms. The van der Waals surface area contributed by atoms with Gasteiger partial charge in [-0.05, 0) is 69.9 Å². The number of piperidine rings is 1. The number of ether oxygens (including phenoxy) is 3. The Morgan fingerprint density at radius 2 is 1.74 bits per heavy atom. The summed E-state index contributed by atoms with van der Waals surface area (Å²) in [6.45, 7) is 8.00. The predicted octanol–water partition coefficient (Wildman–Crippen LogP) is 7.16. The van der Waals surface area contributed by atoms with Gasteiger partial charge in [0.25, 0.3) is 0 Å². The summed E-state index contributed by atoms with van der Waals surface area (Å²) in [5, 5.41) is 13.3. The minimum absolute atomic E-state index is 0.0490. The van der Waals surface area contributed by atoms with E-state index in [2.05, 4.69) is 10.4 Å². The van der Waals surface area contributed by atoms with E-state index in [0.717, 1.165) is 11.1 Å². The van der Waals surface area contributed by atoms with Crippen LogP contribution in [-0.4, -0.2) is 67.9 Å². The van der Waals surface area contributed by atoms with E-state index in [-0.39, 0.29) is 31.8 Å². The number of nitrogens with one attached hydrogen (secondary N) is 1. The summed E-state index contributed by atoms with van der Waals surface area (Å²) in [7, 11) is 1.79. The second kappa shape index (κ2) is 14.2. The molecule has 12 nitrogen and oxygen atoms in total. The predicted molar refractivity (Wildman–Crippen MR) is 186 cm³/mol. The van der Waals surface area contributed by atoms with Crippen LogP contribution in [0.4, 0.5) is 19.7 Å². The van der Waals surface area contributed by atoms with Crippen LogP contribution in [0.1, 0.15) is 57.7 Å². The summed E-state index contributed by atoms with van der Waals surface area (Å²) < 4.78 is 35.6. The first-order valence-electron chi connectivity index (χ1n) is 16.7. The monoisotopic (exact) mass is 684 g/mol. The van der Waals surface area contributed by atoms with Crippen LogP contribution in [0.3, 0.4) is 0 Å². The topological polar surface area (TPSA) is 130 Å². The highest BCUT2D eigenvalue weighted by Crippen LogP contribution is 2.42. The lowest BCUT2D eigenvalue weighted by Crippen LogP contribution is -2.41. The van der Waals surface area contributed by atoms with Crippen LogP contribution in [0.5, 0.6) is 0 Å². The molecule has 2 aromatic heterocycles. The maximum absolute atomic E-state index is 16.0. The summed E-state index contributed by atoms with van der Waals surface area (Å²) >= 11 is 0. The van der Waals surface area contributed by atoms with E-state index >= 15 is 4.39 Å². The van der Waals surface area contributed by atoms with Crippen LogP contribution in [0.2, 0.25) is 0 Å². The summed E-state index contributed by atoms with van der Waals surface area (Å²) in [6, 6.07) is 15.9. The molecule has 2 amide bonds. The van der Waals surface area contributed by atoms with Crippen molar-refractivity contribution in [3.8, 4) is 11.1 Å². The highest BCUT2D eigenvalue weighted by molar-refractivity contribution is 6.07. The van der Waals surface area contributed by atoms with Gasteiger partial charge in [0.05, 0.1) is 35.2 Å². The second-order valence-corrected chi connectivity index (χ2v) is 13.3. The third-order valence-corrected chi connectivity index (χ3v) is 8.61. The number of likely N-dealkylation sites (tertiary alicyclic amines) is 1. The molecule has 0 aliphatic carbocycles. The molecular weight excluding hydrogens is 643 g/mol. The molecule has 13 heteroatoms. The smallest absolute Gasteiger partial charge is 0.412 e. The quantitative estimate of drug-likeness (QED) is 0.135. The van der Waals surface area contributed by atoms with Crippen LogP contribution in [0.15, 0.2) is 60.8 Å². The molecule has 1 N–H and O–H groups in total. The molecule has 0 unspecified atom stereocenters. The van der Waals surface area contributed by atoms with Crippen molar-refractivity contribution in [1.29, 1.82) is 0 Å². The van der Waals surface area contributed by atoms with Gasteiger partial charge < -0.3 is 19.1 Å². The number of fused-ring (bicyclic) bond motifs is 2. The number of halogens is 1. The van der Waals surface area contributed by atoms with E-state index in [9.17, 15) is 14.4 Å². The molecule has 1 aliphatic heterocycles. The fourth-order valence-corrected chi connectivity index (χ4v) is 6.31. The third-order valence-electron chi connectivity index (χ3n) is 8.61. The number of aromatic nitrogens is 4. The average Bonchev–Trinajstić information content (AvgIpc) is 3.63. The Hall–Kier alpha value is -5.46. The number of carbonyl (C=O) groups excluding carboxylic acids is 3. The zero-order chi connectivity index (χ0) is 35.6. The van der Waals surface area contributed by atoms with Crippen molar-refractivity contribution in [2.24, 2.45) is 7.05 Å². The van der Waals surface area contributed by atoms with Gasteiger partial charge in [0.2, 0.25) is 0 Å². The van der Waals surface area contributed by atoms with Crippen molar-refractivity contribution in [3.63, 3.8) is 0 Å². The molecule has 0 atom stereocenters. The zero-order valence-electron chi connectivity index (χ0n) is 28.9. The van der Waals surface area contributed by atoms with Gasteiger partial charge in [0.15, 0.2) is 0 Å². The van der Waals surface area contributed by atoms with Crippen LogP contribution < -0.4 is 5.32 Å². The first-order valence-corrected chi connectivity index (χ1v) is 16.7. The SMILES string of the molecule is CCOC(=O)Cn1nc(C2CCN(C(=O)OC(C)(C)C)CC2)c2c(-c3cc4c(cnn4C)cc3F)ccc(NC(=O)OCc3ccccc3)c21. The molecule has 0 bridgehead atoms. The molecule has 0 saturated carbocycles. The van der Waals surface area contributed by atoms with Gasteiger partial charge in [0, 0.05) is 42.4 Å². The van der Waals surface area contributed by atoms with Crippen molar-refractivity contribution in [2.45, 2.75) is 65.2 Å². The van der Waals surface area contributed by atoms with Crippen LogP contribution in [0.25, 0.3) is 32.9 Å². The maximum atomic E-state index is 16.0. The van der Waals surface area contributed by atoms with Gasteiger partial charge in [-0.2, -0.15) is 10.2 Å². The zero-order valence-corrected chi connectivity index (χ0v) is 28.9. The number of aryl methyl sites for hydroxylation is 1. The van der Waals surface area contributed by atoms with Crippen molar-refractivity contribution >= 4 is 45.6 Å². The fraction of sp³-hybridized carbons (Fsp3) is 0.378. The van der Waals surface area contributed by atoms with E-state index in [1.54, 1.807) is 47.9 Å². The summed E-state index contributed by atoms with van der Waals surface area (Å²) in [6.07, 6.45) is 1.60. The van der Waals surface area contributed by atoms with Gasteiger partial charge in [-0.25, -0.2) is 14.0 Å². The van der Waals surface area contributed by atoms with E-state index in [1.165, 1.54) is 10.7 Å². The van der Waals surface area contributed by atoms with E-state index in [0.29, 0.717) is 64.7 Å². The largest absolute Gasteiger partial charge is 0.465 e. The number of benzene rings is 3. The normalized spacial score (nSPS) is 13.8. The minimum atomic E-state index is -0.707. The molecule has 262 valence electrons. The van der Waals surface area contributed by atoms with Gasteiger partial charge in [-0.1, -0.05) is 36.4 Å². The Labute approximate surface area is 289 Å². The number of hydrogen-bond donors (Lipinski definition) is 1. The number of esters is 1. The molecule has 0 radical (unpaired) electrons. The van der Waals surface area contributed by atoms with Gasteiger partial charge in [0.1, 0.15) is 24.6 Å². The first kappa shape index (κ1) is 34.4. The van der Waals surface area contributed by atoms with E-state index in [1.807, 2.05) is 51.1 Å². The van der Waals surface area contributed by atoms with E-state index in [4.69, 9.17) is 19.3 Å². The van der Waals surface area contributed by atoms with Gasteiger partial charge in [-0.15, -0.1) is 0 Å². The highest BCUT2D eigenvalue weighted by Gasteiger charge is 2.32. The Morgan fingerprint density at radius 1 is 1.00 bits per heavy atom. The van der Waals surface area contributed by atoms with Crippen LogP contribution in [0, 0.1) is 5.82 Å². The van der Waals surface area contributed by atoms with Crippen molar-refractivity contribution in [1.82, 2.24) is 24.5 Å². The number of carbonyl (C=O) groups is 3. The molecule has 1 saturated heterocycles. The Morgan fingerprint density at radius 3 is 2.44 bits per heavy atom. The van der Waals surface area contributed by atoms with Crippen molar-refractivity contribution in [3.05, 3.63) is 77.9 Å². The molecule has 50 heavy (non-hydrogen) atoms. The standard InChI is InChI=1S/C37H41FN6O6/c1-6-48-31(45)21-44-34-29(40-35(46)49-22-23-10-8-7-9-11-23)13-12-26(27-19-30-25(18-28(27)38)20-39-42(30)5)32(34)33(41-44)24-14-16-43(17-15-24)36(47)50-37(2,3)4/h7-13,18-20,24H,6,14-17,21-22H2,1-5H3,(H,40,46). The number of rotatable bonds is 8. The lowest BCUT2D eigenvalue weighted by molar-refractivity contribution is -0.143. The third kappa shape index (κ3) is 7.41. The Bertz CT molecular complexity index is 2040. The van der Waals surface area contributed by atoms with Crippen LogP contribution >= 0.6 is 0 Å². The van der Waals surface area contributed by atoms with Crippen molar-refractivity contribution < 1.29 is 33.0 Å². The minimum Gasteiger partial charge on any atom is -0.465 e. The summed E-state index contributed by atoms with van der Waals surface area (Å²) in [4.78, 5) is 40.6. The summed E-state index contributed by atoms with van der Waals surface area (Å²) in [5.74, 6) is -1.14. The number of hydrogen-bond acceptors (Lipinski definition) is 8. The number of anilines is 1. The summed E-state index contributed by atoms with van der Waals surface area (Å²) in [5.41, 5.74) is 3.13. The lowest BCUT2D eigenvalue weighted by atomic mass is 9.88. The first-order chi connectivity index (χ1) is 23.9. The maximum Gasteiger partial charge on any atom is 0.412 e. The molecule has 5 aromatic rings. The Kier molecular flexibility index (Phi) is 9.76. The van der Waals surface area contributed by atoms with Gasteiger partial charge >= 0.3 is 18.2 Å². The van der Waals surface area contributed by atoms with Gasteiger partial charge in [-0.3, -0.25) is 19.5 Å². The number of amides is 2. The lowest BCUT2D eigenvalue weighted by Gasteiger charge is -2.33. The second-order valence-electron chi connectivity index (χ2n) is 13.3. The van der Waals surface area contributed by atoms with E-state index < -0.39 is 23.5 Å². The molecule has 1 fully saturated rings. The molecule has 3 heterocycles. The molecule has 1 aliphatic rings. The molecular formula is C37H41FN6O6.